The van der Waals surface area contributed by atoms with Crippen LogP contribution in [0.2, 0.25) is 10.0 Å². The average Bonchev–Trinajstić information content (AvgIpc) is 2.72. The van der Waals surface area contributed by atoms with Crippen molar-refractivity contribution < 1.29 is 14.6 Å². The number of amides is 1. The molecule has 0 saturated heterocycles. The first-order valence-corrected chi connectivity index (χ1v) is 12.4. The molecule has 0 spiro atoms. The van der Waals surface area contributed by atoms with Gasteiger partial charge in [-0.3, -0.25) is 4.79 Å². The predicted molar refractivity (Wildman–Crippen MR) is 139 cm³/mol. The highest BCUT2D eigenvalue weighted by atomic mass is 79.9. The molecular weight excluding hydrogens is 539 g/mol. The Bertz CT molecular complexity index is 1250. The van der Waals surface area contributed by atoms with Gasteiger partial charge < -0.3 is 15.2 Å². The number of hydrogen-bond donors (Lipinski definition) is 2. The van der Waals surface area contributed by atoms with Crippen LogP contribution in [0, 0.1) is 0 Å². The highest BCUT2D eigenvalue weighted by molar-refractivity contribution is 9.10. The minimum atomic E-state index is -1.51. The number of nitrogens with one attached hydrogen (secondary N) is 1. The number of aliphatic hydroxyl groups is 1. The summed E-state index contributed by atoms with van der Waals surface area (Å²) >= 11 is 16.2. The van der Waals surface area contributed by atoms with Crippen LogP contribution in [0.4, 0.5) is 0 Å². The number of carbonyl (C=O) groups excluding carboxylic acids is 1. The monoisotopic (exact) mass is 562 g/mol. The van der Waals surface area contributed by atoms with E-state index in [0.717, 1.165) is 26.7 Å². The van der Waals surface area contributed by atoms with Crippen molar-refractivity contribution in [3.63, 3.8) is 0 Å². The van der Waals surface area contributed by atoms with Gasteiger partial charge in [-0.1, -0.05) is 57.3 Å². The van der Waals surface area contributed by atoms with Crippen LogP contribution in [0.3, 0.4) is 0 Å². The molecule has 0 saturated carbocycles. The van der Waals surface area contributed by atoms with Crippen LogP contribution in [0.1, 0.15) is 45.7 Å². The van der Waals surface area contributed by atoms with Crippen molar-refractivity contribution in [1.29, 1.82) is 0 Å². The maximum absolute atomic E-state index is 12.7. The van der Waals surface area contributed by atoms with Crippen LogP contribution in [0.5, 0.6) is 5.88 Å². The summed E-state index contributed by atoms with van der Waals surface area (Å²) in [7, 11) is 0. The van der Waals surface area contributed by atoms with Gasteiger partial charge in [0.2, 0.25) is 5.88 Å². The number of ether oxygens (including phenoxy) is 1. The lowest BCUT2D eigenvalue weighted by Crippen LogP contribution is -2.47. The minimum absolute atomic E-state index is 0.398. The van der Waals surface area contributed by atoms with Crippen molar-refractivity contribution in [3.05, 3.63) is 68.6 Å². The molecule has 2 heterocycles. The topological polar surface area (TPSA) is 71.5 Å². The van der Waals surface area contributed by atoms with Gasteiger partial charge in [-0.05, 0) is 63.6 Å². The maximum Gasteiger partial charge on any atom is 0.251 e. The summed E-state index contributed by atoms with van der Waals surface area (Å²) in [4.78, 5) is 17.6. The molecule has 0 fully saturated rings. The number of hydrogen-bond acceptors (Lipinski definition) is 4. The lowest BCUT2D eigenvalue weighted by atomic mass is 9.88. The molecule has 0 radical (unpaired) electrons. The van der Waals surface area contributed by atoms with E-state index in [1.807, 2.05) is 62.4 Å². The Balaban J connectivity index is 1.93. The molecule has 8 heteroatoms. The standard InChI is InChI=1S/C26H25BrCl2N2O3/c1-25(2)13-21(30-24(32)26(3,4)33)19-12-18(14-5-8-16(28)9-6-14)22(31-23(19)34-25)17-10-7-15(27)11-20(17)29/h5-12,21,33H,13H2,1-4H3,(H,30,32). The van der Waals surface area contributed by atoms with Crippen molar-refractivity contribution in [3.8, 4) is 28.3 Å². The molecule has 1 aromatic heterocycles. The quantitative estimate of drug-likeness (QED) is 0.359. The van der Waals surface area contributed by atoms with Crippen LogP contribution in [0.15, 0.2) is 53.0 Å². The smallest absolute Gasteiger partial charge is 0.251 e. The number of nitrogens with zero attached hydrogens (tertiary/aromatic N) is 1. The van der Waals surface area contributed by atoms with E-state index in [1.165, 1.54) is 13.8 Å². The first kappa shape index (κ1) is 25.0. The van der Waals surface area contributed by atoms with Gasteiger partial charge in [0.1, 0.15) is 11.2 Å². The minimum Gasteiger partial charge on any atom is -0.471 e. The Morgan fingerprint density at radius 2 is 1.82 bits per heavy atom. The second kappa shape index (κ2) is 9.15. The summed E-state index contributed by atoms with van der Waals surface area (Å²) in [5.41, 5.74) is 1.76. The summed E-state index contributed by atoms with van der Waals surface area (Å²) in [6.07, 6.45) is 0.516. The molecule has 4 rings (SSSR count). The molecular formula is C26H25BrCl2N2O3. The molecule has 34 heavy (non-hydrogen) atoms. The summed E-state index contributed by atoms with van der Waals surface area (Å²) in [5.74, 6) is -0.0433. The number of carbonyl (C=O) groups is 1. The normalized spacial score (nSPS) is 17.0. The van der Waals surface area contributed by atoms with Crippen molar-refractivity contribution in [2.24, 2.45) is 0 Å². The Morgan fingerprint density at radius 1 is 1.15 bits per heavy atom. The lowest BCUT2D eigenvalue weighted by molar-refractivity contribution is -0.137. The number of pyridine rings is 1. The zero-order chi connectivity index (χ0) is 24.8. The van der Waals surface area contributed by atoms with Crippen LogP contribution in [-0.2, 0) is 4.79 Å². The van der Waals surface area contributed by atoms with Gasteiger partial charge in [-0.15, -0.1) is 0 Å². The third kappa shape index (κ3) is 5.25. The molecule has 1 amide bonds. The molecule has 1 unspecified atom stereocenters. The fourth-order valence-corrected chi connectivity index (χ4v) is 4.84. The van der Waals surface area contributed by atoms with E-state index in [4.69, 9.17) is 32.9 Å². The fourth-order valence-electron chi connectivity index (χ4n) is 3.95. The second-order valence-electron chi connectivity index (χ2n) is 9.56. The number of fused-ring (bicyclic) bond motifs is 1. The summed E-state index contributed by atoms with van der Waals surface area (Å²) in [5, 5.41) is 14.3. The summed E-state index contributed by atoms with van der Waals surface area (Å²) in [6.45, 7) is 6.81. The van der Waals surface area contributed by atoms with Crippen LogP contribution in [-0.4, -0.2) is 27.2 Å². The van der Waals surface area contributed by atoms with Gasteiger partial charge in [0.05, 0.1) is 16.8 Å². The summed E-state index contributed by atoms with van der Waals surface area (Å²) < 4.78 is 7.11. The Hall–Kier alpha value is -2.12. The molecule has 0 bridgehead atoms. The molecule has 3 aromatic rings. The van der Waals surface area contributed by atoms with E-state index in [2.05, 4.69) is 21.2 Å². The Kier molecular flexibility index (Phi) is 6.73. The first-order chi connectivity index (χ1) is 15.8. The Morgan fingerprint density at radius 3 is 2.44 bits per heavy atom. The number of benzene rings is 2. The van der Waals surface area contributed by atoms with Crippen molar-refractivity contribution in [2.75, 3.05) is 0 Å². The van der Waals surface area contributed by atoms with Gasteiger partial charge in [-0.2, -0.15) is 0 Å². The van der Waals surface area contributed by atoms with Gasteiger partial charge in [0.25, 0.3) is 5.91 Å². The molecule has 178 valence electrons. The largest absolute Gasteiger partial charge is 0.471 e. The zero-order valence-electron chi connectivity index (χ0n) is 19.2. The van der Waals surface area contributed by atoms with E-state index < -0.39 is 23.2 Å². The lowest BCUT2D eigenvalue weighted by Gasteiger charge is -2.38. The molecule has 5 nitrogen and oxygen atoms in total. The van der Waals surface area contributed by atoms with Gasteiger partial charge in [0.15, 0.2) is 0 Å². The third-order valence-electron chi connectivity index (χ3n) is 5.66. The van der Waals surface area contributed by atoms with Crippen LogP contribution < -0.4 is 10.1 Å². The number of aromatic nitrogens is 1. The molecule has 1 aliphatic heterocycles. The molecule has 0 aliphatic carbocycles. The van der Waals surface area contributed by atoms with E-state index >= 15 is 0 Å². The van der Waals surface area contributed by atoms with Crippen molar-refractivity contribution in [1.82, 2.24) is 10.3 Å². The highest BCUT2D eigenvalue weighted by Crippen LogP contribution is 2.45. The second-order valence-corrected chi connectivity index (χ2v) is 11.3. The molecule has 1 atom stereocenters. The van der Waals surface area contributed by atoms with Gasteiger partial charge in [0, 0.05) is 32.6 Å². The van der Waals surface area contributed by atoms with E-state index in [0.29, 0.717) is 28.0 Å². The summed E-state index contributed by atoms with van der Waals surface area (Å²) in [6, 6.07) is 14.7. The van der Waals surface area contributed by atoms with E-state index in [-0.39, 0.29) is 0 Å². The van der Waals surface area contributed by atoms with Gasteiger partial charge in [-0.25, -0.2) is 4.98 Å². The van der Waals surface area contributed by atoms with E-state index in [9.17, 15) is 9.90 Å². The fraction of sp³-hybridized carbons (Fsp3) is 0.308. The Labute approximate surface area is 217 Å². The zero-order valence-corrected chi connectivity index (χ0v) is 22.3. The van der Waals surface area contributed by atoms with Crippen molar-refractivity contribution >= 4 is 45.0 Å². The third-order valence-corrected chi connectivity index (χ3v) is 6.72. The number of halogens is 3. The molecule has 2 aromatic carbocycles. The van der Waals surface area contributed by atoms with Crippen molar-refractivity contribution in [2.45, 2.75) is 51.4 Å². The predicted octanol–water partition coefficient (Wildman–Crippen LogP) is 6.97. The molecule has 2 N–H and O–H groups in total. The van der Waals surface area contributed by atoms with E-state index in [1.54, 1.807) is 0 Å². The van der Waals surface area contributed by atoms with Crippen LogP contribution in [0.25, 0.3) is 22.4 Å². The van der Waals surface area contributed by atoms with Gasteiger partial charge >= 0.3 is 0 Å². The first-order valence-electron chi connectivity index (χ1n) is 10.8. The average molecular weight is 564 g/mol. The maximum atomic E-state index is 12.7. The van der Waals surface area contributed by atoms with Crippen LogP contribution >= 0.6 is 39.1 Å². The molecule has 1 aliphatic rings. The highest BCUT2D eigenvalue weighted by Gasteiger charge is 2.38. The SMILES string of the molecule is CC1(C)CC(NC(=O)C(C)(C)O)c2cc(-c3ccc(Cl)cc3)c(-c3ccc(Br)cc3Cl)nc2O1. The number of rotatable bonds is 4.